The standard InChI is InChI=1S/C11H11F3N4/c1-6-17-9(10(15)18(6)16)7-2-4-8(5-3-7)11(12,13)14/h2-5H,15-16H2,1H3. The number of alkyl halides is 3. The van der Waals surface area contributed by atoms with Crippen LogP contribution < -0.4 is 11.6 Å². The molecule has 1 heterocycles. The summed E-state index contributed by atoms with van der Waals surface area (Å²) in [7, 11) is 0. The zero-order valence-corrected chi connectivity index (χ0v) is 9.49. The van der Waals surface area contributed by atoms with Crippen molar-refractivity contribution in [1.82, 2.24) is 9.66 Å². The van der Waals surface area contributed by atoms with Crippen molar-refractivity contribution in [1.29, 1.82) is 0 Å². The highest BCUT2D eigenvalue weighted by Gasteiger charge is 2.30. The van der Waals surface area contributed by atoms with Gasteiger partial charge in [-0.1, -0.05) is 12.1 Å². The fourth-order valence-corrected chi connectivity index (χ4v) is 1.59. The number of hydrogen-bond donors (Lipinski definition) is 2. The number of rotatable bonds is 1. The lowest BCUT2D eigenvalue weighted by Gasteiger charge is -2.07. The van der Waals surface area contributed by atoms with E-state index in [4.69, 9.17) is 11.6 Å². The summed E-state index contributed by atoms with van der Waals surface area (Å²) in [6.45, 7) is 1.66. The number of imidazole rings is 1. The first-order valence-corrected chi connectivity index (χ1v) is 5.08. The molecule has 0 unspecified atom stereocenters. The fraction of sp³-hybridized carbons (Fsp3) is 0.182. The number of benzene rings is 1. The molecule has 4 N–H and O–H groups in total. The van der Waals surface area contributed by atoms with Gasteiger partial charge in [0, 0.05) is 5.56 Å². The predicted octanol–water partition coefficient (Wildman–Crippen LogP) is 2.17. The van der Waals surface area contributed by atoms with Crippen molar-refractivity contribution in [2.45, 2.75) is 13.1 Å². The minimum Gasteiger partial charge on any atom is -0.382 e. The van der Waals surface area contributed by atoms with Gasteiger partial charge in [0.1, 0.15) is 11.5 Å². The number of anilines is 1. The third-order valence-electron chi connectivity index (χ3n) is 2.61. The van der Waals surface area contributed by atoms with Gasteiger partial charge in [-0.25, -0.2) is 9.66 Å². The van der Waals surface area contributed by atoms with Gasteiger partial charge in [-0.3, -0.25) is 0 Å². The van der Waals surface area contributed by atoms with Crippen LogP contribution in [0.3, 0.4) is 0 Å². The summed E-state index contributed by atoms with van der Waals surface area (Å²) in [5.41, 5.74) is 5.87. The third kappa shape index (κ3) is 1.99. The van der Waals surface area contributed by atoms with E-state index in [1.54, 1.807) is 6.92 Å². The molecule has 0 spiro atoms. The first kappa shape index (κ1) is 12.3. The SMILES string of the molecule is Cc1nc(-c2ccc(C(F)(F)F)cc2)c(N)n1N. The van der Waals surface area contributed by atoms with Crippen molar-refractivity contribution < 1.29 is 13.2 Å². The van der Waals surface area contributed by atoms with E-state index in [1.807, 2.05) is 0 Å². The molecule has 1 aromatic carbocycles. The Kier molecular flexibility index (Phi) is 2.68. The highest BCUT2D eigenvalue weighted by atomic mass is 19.4. The lowest BCUT2D eigenvalue weighted by atomic mass is 10.1. The maximum absolute atomic E-state index is 12.4. The average molecular weight is 256 g/mol. The maximum atomic E-state index is 12.4. The molecule has 96 valence electrons. The van der Waals surface area contributed by atoms with E-state index in [0.29, 0.717) is 17.1 Å². The molecule has 4 nitrogen and oxygen atoms in total. The largest absolute Gasteiger partial charge is 0.416 e. The van der Waals surface area contributed by atoms with Gasteiger partial charge in [-0.15, -0.1) is 0 Å². The lowest BCUT2D eigenvalue weighted by Crippen LogP contribution is -2.13. The summed E-state index contributed by atoms with van der Waals surface area (Å²) in [4.78, 5) is 4.10. The van der Waals surface area contributed by atoms with E-state index in [-0.39, 0.29) is 5.82 Å². The van der Waals surface area contributed by atoms with Gasteiger partial charge >= 0.3 is 6.18 Å². The molecule has 0 aliphatic carbocycles. The normalized spacial score (nSPS) is 11.8. The van der Waals surface area contributed by atoms with E-state index in [2.05, 4.69) is 4.98 Å². The zero-order chi connectivity index (χ0) is 13.5. The van der Waals surface area contributed by atoms with Crippen molar-refractivity contribution in [3.05, 3.63) is 35.7 Å². The van der Waals surface area contributed by atoms with Crippen LogP contribution >= 0.6 is 0 Å². The summed E-state index contributed by atoms with van der Waals surface area (Å²) < 4.78 is 38.4. The number of aryl methyl sites for hydroxylation is 1. The molecule has 7 heteroatoms. The van der Waals surface area contributed by atoms with E-state index in [9.17, 15) is 13.2 Å². The summed E-state index contributed by atoms with van der Waals surface area (Å²) in [6.07, 6.45) is -4.35. The topological polar surface area (TPSA) is 69.9 Å². The molecule has 1 aromatic heterocycles. The van der Waals surface area contributed by atoms with Gasteiger partial charge in [-0.2, -0.15) is 13.2 Å². The lowest BCUT2D eigenvalue weighted by molar-refractivity contribution is -0.137. The van der Waals surface area contributed by atoms with Gasteiger partial charge in [0.25, 0.3) is 0 Å². The molecule has 0 saturated carbocycles. The Hall–Kier alpha value is -2.18. The van der Waals surface area contributed by atoms with Crippen LogP contribution in [0.5, 0.6) is 0 Å². The number of hydrogen-bond acceptors (Lipinski definition) is 3. The number of halogens is 3. The Morgan fingerprint density at radius 1 is 1.17 bits per heavy atom. The molecule has 18 heavy (non-hydrogen) atoms. The van der Waals surface area contributed by atoms with Gasteiger partial charge in [0.05, 0.1) is 5.56 Å². The second kappa shape index (κ2) is 3.94. The third-order valence-corrected chi connectivity index (χ3v) is 2.61. The van der Waals surface area contributed by atoms with Crippen LogP contribution in [0.4, 0.5) is 19.0 Å². The summed E-state index contributed by atoms with van der Waals surface area (Å²) in [5.74, 6) is 6.29. The quantitative estimate of drug-likeness (QED) is 0.768. The van der Waals surface area contributed by atoms with E-state index >= 15 is 0 Å². The minimum atomic E-state index is -4.35. The van der Waals surface area contributed by atoms with Crippen LogP contribution in [-0.2, 0) is 6.18 Å². The van der Waals surface area contributed by atoms with Crippen LogP contribution in [0.1, 0.15) is 11.4 Å². The second-order valence-electron chi connectivity index (χ2n) is 3.84. The van der Waals surface area contributed by atoms with Crippen molar-refractivity contribution in [2.75, 3.05) is 11.6 Å². The molecule has 0 atom stereocenters. The molecular weight excluding hydrogens is 245 g/mol. The van der Waals surface area contributed by atoms with Crippen LogP contribution in [-0.4, -0.2) is 9.66 Å². The molecule has 0 saturated heterocycles. The molecule has 0 aliphatic rings. The zero-order valence-electron chi connectivity index (χ0n) is 9.49. The molecule has 0 bridgehead atoms. The first-order valence-electron chi connectivity index (χ1n) is 5.08. The second-order valence-corrected chi connectivity index (χ2v) is 3.84. The maximum Gasteiger partial charge on any atom is 0.416 e. The van der Waals surface area contributed by atoms with Crippen LogP contribution in [0.2, 0.25) is 0 Å². The number of aromatic nitrogens is 2. The van der Waals surface area contributed by atoms with Crippen LogP contribution in [0, 0.1) is 6.92 Å². The van der Waals surface area contributed by atoms with Gasteiger partial charge in [0.15, 0.2) is 5.82 Å². The summed E-state index contributed by atoms with van der Waals surface area (Å²) >= 11 is 0. The number of nitrogens with two attached hydrogens (primary N) is 2. The van der Waals surface area contributed by atoms with E-state index in [0.717, 1.165) is 12.1 Å². The first-order chi connectivity index (χ1) is 8.30. The van der Waals surface area contributed by atoms with Crippen LogP contribution in [0.25, 0.3) is 11.3 Å². The van der Waals surface area contributed by atoms with Gasteiger partial charge in [0.2, 0.25) is 0 Å². The predicted molar refractivity (Wildman–Crippen MR) is 62.0 cm³/mol. The number of nitrogen functional groups attached to an aromatic ring is 2. The summed E-state index contributed by atoms with van der Waals surface area (Å²) in [6, 6.07) is 4.61. The molecule has 0 radical (unpaired) electrons. The number of nitrogens with zero attached hydrogens (tertiary/aromatic N) is 2. The highest BCUT2D eigenvalue weighted by Crippen LogP contribution is 2.31. The smallest absolute Gasteiger partial charge is 0.382 e. The molecule has 0 fully saturated rings. The molecular formula is C11H11F3N4. The fourth-order valence-electron chi connectivity index (χ4n) is 1.59. The van der Waals surface area contributed by atoms with Crippen molar-refractivity contribution in [3.63, 3.8) is 0 Å². The highest BCUT2D eigenvalue weighted by molar-refractivity contribution is 5.71. The Bertz CT molecular complexity index is 569. The molecule has 2 aromatic rings. The Morgan fingerprint density at radius 2 is 1.72 bits per heavy atom. The Morgan fingerprint density at radius 3 is 2.11 bits per heavy atom. The minimum absolute atomic E-state index is 0.215. The molecule has 0 aliphatic heterocycles. The van der Waals surface area contributed by atoms with Crippen molar-refractivity contribution in [3.8, 4) is 11.3 Å². The Labute approximate surface area is 101 Å². The van der Waals surface area contributed by atoms with Crippen molar-refractivity contribution in [2.24, 2.45) is 0 Å². The molecule has 2 rings (SSSR count). The van der Waals surface area contributed by atoms with E-state index < -0.39 is 11.7 Å². The molecule has 0 amide bonds. The van der Waals surface area contributed by atoms with E-state index in [1.165, 1.54) is 16.8 Å². The average Bonchev–Trinajstić information content (AvgIpc) is 2.56. The Balaban J connectivity index is 2.44. The summed E-state index contributed by atoms with van der Waals surface area (Å²) in [5, 5.41) is 0. The van der Waals surface area contributed by atoms with Crippen LogP contribution in [0.15, 0.2) is 24.3 Å². The monoisotopic (exact) mass is 256 g/mol. The van der Waals surface area contributed by atoms with Gasteiger partial charge in [-0.05, 0) is 19.1 Å². The van der Waals surface area contributed by atoms with Gasteiger partial charge < -0.3 is 11.6 Å². The van der Waals surface area contributed by atoms with Crippen molar-refractivity contribution >= 4 is 5.82 Å².